The van der Waals surface area contributed by atoms with E-state index in [0.717, 1.165) is 12.8 Å². The molecule has 0 radical (unpaired) electrons. The van der Waals surface area contributed by atoms with Gasteiger partial charge in [-0.15, -0.1) is 0 Å². The summed E-state index contributed by atoms with van der Waals surface area (Å²) in [4.78, 5) is 12.9. The lowest BCUT2D eigenvalue weighted by molar-refractivity contribution is -0.137. The van der Waals surface area contributed by atoms with Gasteiger partial charge in [0.2, 0.25) is 5.91 Å². The van der Waals surface area contributed by atoms with Crippen LogP contribution in [0.2, 0.25) is 0 Å². The first-order valence-corrected chi connectivity index (χ1v) is 4.85. The van der Waals surface area contributed by atoms with E-state index in [0.29, 0.717) is 0 Å². The van der Waals surface area contributed by atoms with E-state index in [1.165, 1.54) is 4.90 Å². The minimum absolute atomic E-state index is 0.0329. The summed E-state index contributed by atoms with van der Waals surface area (Å²) in [5.74, 6) is -0.593. The van der Waals surface area contributed by atoms with Crippen LogP contribution in [0.25, 0.3) is 0 Å². The average Bonchev–Trinajstić information content (AvgIpc) is 2.94. The minimum Gasteiger partial charge on any atom is -0.334 e. The highest BCUT2D eigenvalue weighted by atomic mass is 19.3. The molecule has 1 amide bonds. The summed E-state index contributed by atoms with van der Waals surface area (Å²) in [5, 5.41) is 0. The second kappa shape index (κ2) is 4.68. The van der Waals surface area contributed by atoms with Crippen molar-refractivity contribution in [1.29, 1.82) is 0 Å². The lowest BCUT2D eigenvalue weighted by atomic mass is 10.1. The van der Waals surface area contributed by atoms with Crippen LogP contribution in [0.5, 0.6) is 0 Å². The Morgan fingerprint density at radius 3 is 2.50 bits per heavy atom. The molecule has 0 aromatic heterocycles. The summed E-state index contributed by atoms with van der Waals surface area (Å²) in [7, 11) is 0. The third kappa shape index (κ3) is 2.90. The number of rotatable bonds is 5. The van der Waals surface area contributed by atoms with E-state index in [9.17, 15) is 13.6 Å². The molecule has 3 nitrogen and oxygen atoms in total. The van der Waals surface area contributed by atoms with Gasteiger partial charge in [-0.2, -0.15) is 0 Å². The van der Waals surface area contributed by atoms with E-state index in [2.05, 4.69) is 0 Å². The van der Waals surface area contributed by atoms with Crippen LogP contribution in [0.1, 0.15) is 19.8 Å². The third-order valence-corrected chi connectivity index (χ3v) is 2.38. The number of carbonyl (C=O) groups is 1. The van der Waals surface area contributed by atoms with Gasteiger partial charge in [0.05, 0.1) is 6.54 Å². The Hall–Kier alpha value is -0.710. The van der Waals surface area contributed by atoms with Crippen LogP contribution >= 0.6 is 0 Å². The third-order valence-electron chi connectivity index (χ3n) is 2.38. The number of nitrogens with two attached hydrogens (primary N) is 1. The van der Waals surface area contributed by atoms with Gasteiger partial charge in [0.15, 0.2) is 0 Å². The molecule has 1 unspecified atom stereocenters. The summed E-state index contributed by atoms with van der Waals surface area (Å²) >= 11 is 0. The quantitative estimate of drug-likeness (QED) is 0.724. The van der Waals surface area contributed by atoms with E-state index < -0.39 is 13.0 Å². The van der Waals surface area contributed by atoms with Crippen molar-refractivity contribution in [1.82, 2.24) is 4.90 Å². The maximum absolute atomic E-state index is 12.2. The molecule has 0 aromatic rings. The molecule has 14 heavy (non-hydrogen) atoms. The highest BCUT2D eigenvalue weighted by Crippen LogP contribution is 2.28. The average molecular weight is 206 g/mol. The fourth-order valence-corrected chi connectivity index (χ4v) is 1.34. The van der Waals surface area contributed by atoms with E-state index in [4.69, 9.17) is 5.73 Å². The Balaban J connectivity index is 2.53. The van der Waals surface area contributed by atoms with Gasteiger partial charge in [0.25, 0.3) is 6.43 Å². The first kappa shape index (κ1) is 11.4. The molecule has 0 heterocycles. The molecule has 0 aromatic carbocycles. The zero-order valence-electron chi connectivity index (χ0n) is 8.25. The van der Waals surface area contributed by atoms with Crippen LogP contribution in [-0.4, -0.2) is 36.4 Å². The number of alkyl halides is 2. The van der Waals surface area contributed by atoms with Crippen LogP contribution in [0.4, 0.5) is 8.78 Å². The molecule has 0 spiro atoms. The normalized spacial score (nSPS) is 18.4. The van der Waals surface area contributed by atoms with Crippen molar-refractivity contribution >= 4 is 5.91 Å². The summed E-state index contributed by atoms with van der Waals surface area (Å²) in [5.41, 5.74) is 5.33. The van der Waals surface area contributed by atoms with Gasteiger partial charge in [0, 0.05) is 18.5 Å². The largest absolute Gasteiger partial charge is 0.334 e. The summed E-state index contributed by atoms with van der Waals surface area (Å²) < 4.78 is 24.4. The maximum Gasteiger partial charge on any atom is 0.255 e. The number of hydrogen-bond acceptors (Lipinski definition) is 2. The smallest absolute Gasteiger partial charge is 0.255 e. The Morgan fingerprint density at radius 2 is 2.14 bits per heavy atom. The van der Waals surface area contributed by atoms with E-state index >= 15 is 0 Å². The second-order valence-electron chi connectivity index (χ2n) is 3.75. The van der Waals surface area contributed by atoms with Crippen LogP contribution in [0.3, 0.4) is 0 Å². The summed E-state index contributed by atoms with van der Waals surface area (Å²) in [6.07, 6.45) is -0.768. The molecule has 2 N–H and O–H groups in total. The zero-order valence-corrected chi connectivity index (χ0v) is 8.25. The first-order chi connectivity index (χ1) is 6.56. The molecule has 1 aliphatic carbocycles. The molecular formula is C9H16F2N2O. The van der Waals surface area contributed by atoms with Gasteiger partial charge in [0.1, 0.15) is 0 Å². The van der Waals surface area contributed by atoms with Crippen molar-refractivity contribution in [2.75, 3.05) is 13.1 Å². The van der Waals surface area contributed by atoms with Crippen LogP contribution in [0.15, 0.2) is 0 Å². The van der Waals surface area contributed by atoms with Gasteiger partial charge < -0.3 is 10.6 Å². The Labute approximate surface area is 82.2 Å². The standard InChI is InChI=1S/C9H16F2N2O/c1-6(4-12)9(14)13(5-8(10)11)7-2-3-7/h6-8H,2-5,12H2,1H3. The highest BCUT2D eigenvalue weighted by Gasteiger charge is 2.35. The van der Waals surface area contributed by atoms with E-state index in [-0.39, 0.29) is 24.4 Å². The van der Waals surface area contributed by atoms with Crippen molar-refractivity contribution in [2.24, 2.45) is 11.7 Å². The molecule has 1 fully saturated rings. The molecule has 0 aliphatic heterocycles. The predicted octanol–water partition coefficient (Wildman–Crippen LogP) is 0.837. The fourth-order valence-electron chi connectivity index (χ4n) is 1.34. The lowest BCUT2D eigenvalue weighted by Crippen LogP contribution is -2.42. The van der Waals surface area contributed by atoms with Crippen molar-refractivity contribution < 1.29 is 13.6 Å². The highest BCUT2D eigenvalue weighted by molar-refractivity contribution is 5.79. The lowest BCUT2D eigenvalue weighted by Gasteiger charge is -2.24. The van der Waals surface area contributed by atoms with Gasteiger partial charge in [-0.1, -0.05) is 6.92 Å². The van der Waals surface area contributed by atoms with Gasteiger partial charge in [-0.3, -0.25) is 4.79 Å². The Morgan fingerprint density at radius 1 is 1.57 bits per heavy atom. The monoisotopic (exact) mass is 206 g/mol. The predicted molar refractivity (Wildman–Crippen MR) is 49.0 cm³/mol. The molecule has 5 heteroatoms. The Kier molecular flexibility index (Phi) is 3.80. The number of hydrogen-bond donors (Lipinski definition) is 1. The minimum atomic E-state index is -2.45. The second-order valence-corrected chi connectivity index (χ2v) is 3.75. The molecule has 0 bridgehead atoms. The molecule has 1 saturated carbocycles. The molecule has 1 atom stereocenters. The Bertz CT molecular complexity index is 207. The van der Waals surface area contributed by atoms with Gasteiger partial charge in [-0.05, 0) is 12.8 Å². The van der Waals surface area contributed by atoms with E-state index in [1.54, 1.807) is 6.92 Å². The topological polar surface area (TPSA) is 46.3 Å². The number of halogens is 2. The van der Waals surface area contributed by atoms with Crippen LogP contribution in [-0.2, 0) is 4.79 Å². The SMILES string of the molecule is CC(CN)C(=O)N(CC(F)F)C1CC1. The van der Waals surface area contributed by atoms with Crippen molar-refractivity contribution in [2.45, 2.75) is 32.2 Å². The van der Waals surface area contributed by atoms with Gasteiger partial charge >= 0.3 is 0 Å². The van der Waals surface area contributed by atoms with E-state index in [1.807, 2.05) is 0 Å². The van der Waals surface area contributed by atoms with Crippen LogP contribution < -0.4 is 5.73 Å². The molecular weight excluding hydrogens is 190 g/mol. The summed E-state index contributed by atoms with van der Waals surface area (Å²) in [6, 6.07) is 0.0329. The van der Waals surface area contributed by atoms with Crippen molar-refractivity contribution in [3.63, 3.8) is 0 Å². The zero-order chi connectivity index (χ0) is 10.7. The molecule has 1 rings (SSSR count). The van der Waals surface area contributed by atoms with Gasteiger partial charge in [-0.25, -0.2) is 8.78 Å². The fraction of sp³-hybridized carbons (Fsp3) is 0.889. The maximum atomic E-state index is 12.2. The molecule has 1 aliphatic rings. The van der Waals surface area contributed by atoms with Crippen molar-refractivity contribution in [3.05, 3.63) is 0 Å². The number of carbonyl (C=O) groups excluding carboxylic acids is 1. The summed E-state index contributed by atoms with van der Waals surface area (Å²) in [6.45, 7) is 1.43. The number of nitrogens with zero attached hydrogens (tertiary/aromatic N) is 1. The molecule has 82 valence electrons. The van der Waals surface area contributed by atoms with Crippen LogP contribution in [0, 0.1) is 5.92 Å². The van der Waals surface area contributed by atoms with Crippen molar-refractivity contribution in [3.8, 4) is 0 Å². The molecule has 0 saturated heterocycles. The number of amides is 1. The first-order valence-electron chi connectivity index (χ1n) is 4.85.